The molecule has 130 valence electrons. The fourth-order valence-corrected chi connectivity index (χ4v) is 3.07. The van der Waals surface area contributed by atoms with Gasteiger partial charge in [-0.05, 0) is 55.0 Å². The first-order valence-electron chi connectivity index (χ1n) is 8.31. The fourth-order valence-electron chi connectivity index (χ4n) is 2.42. The molecule has 2 heterocycles. The summed E-state index contributed by atoms with van der Waals surface area (Å²) in [7, 11) is 0. The lowest BCUT2D eigenvalue weighted by molar-refractivity contribution is 0.0499. The smallest absolute Gasteiger partial charge is 0.360 e. The molecule has 2 aromatic heterocycles. The van der Waals surface area contributed by atoms with Crippen LogP contribution in [-0.4, -0.2) is 22.5 Å². The number of hydrogen-bond acceptors (Lipinski definition) is 6. The quantitative estimate of drug-likeness (QED) is 0.660. The van der Waals surface area contributed by atoms with E-state index in [4.69, 9.17) is 4.74 Å². The van der Waals surface area contributed by atoms with E-state index in [-0.39, 0.29) is 5.69 Å². The molecule has 6 heteroatoms. The van der Waals surface area contributed by atoms with Crippen molar-refractivity contribution in [3.63, 3.8) is 0 Å². The van der Waals surface area contributed by atoms with Crippen molar-refractivity contribution >= 4 is 34.2 Å². The number of anilines is 1. The second-order valence-corrected chi connectivity index (χ2v) is 6.95. The van der Waals surface area contributed by atoms with Gasteiger partial charge in [0.15, 0.2) is 11.5 Å². The Morgan fingerprint density at radius 3 is 2.56 bits per heavy atom. The molecule has 0 aliphatic heterocycles. The third-order valence-corrected chi connectivity index (χ3v) is 4.80. The first kappa shape index (κ1) is 17.4. The van der Waals surface area contributed by atoms with Crippen LogP contribution in [0.1, 0.15) is 39.8 Å². The summed E-state index contributed by atoms with van der Waals surface area (Å²) in [6.07, 6.45) is 0.767. The number of hydrogen-bond donors (Lipinski definition) is 1. The zero-order valence-electron chi connectivity index (χ0n) is 14.6. The van der Waals surface area contributed by atoms with Crippen LogP contribution in [0, 0.1) is 13.8 Å². The van der Waals surface area contributed by atoms with Crippen molar-refractivity contribution in [2.75, 3.05) is 11.9 Å². The Morgan fingerprint density at radius 1 is 1.20 bits per heavy atom. The third-order valence-electron chi connectivity index (χ3n) is 3.92. The highest BCUT2D eigenvalue weighted by molar-refractivity contribution is 7.09. The number of carbonyl (C=O) groups excluding carboxylic acids is 1. The van der Waals surface area contributed by atoms with Crippen molar-refractivity contribution in [2.45, 2.75) is 33.7 Å². The summed E-state index contributed by atoms with van der Waals surface area (Å²) in [5.41, 5.74) is 3.97. The van der Waals surface area contributed by atoms with E-state index in [0.717, 1.165) is 27.9 Å². The molecule has 0 bridgehead atoms. The second kappa shape index (κ2) is 7.61. The number of esters is 1. The van der Waals surface area contributed by atoms with Gasteiger partial charge in [0.1, 0.15) is 0 Å². The molecule has 0 fully saturated rings. The highest BCUT2D eigenvalue weighted by Gasteiger charge is 2.18. The van der Waals surface area contributed by atoms with Crippen LogP contribution in [0.15, 0.2) is 29.6 Å². The molecule has 0 radical (unpaired) electrons. The Morgan fingerprint density at radius 2 is 1.92 bits per heavy atom. The summed E-state index contributed by atoms with van der Waals surface area (Å²) < 4.78 is 5.28. The zero-order chi connectivity index (χ0) is 17.8. The summed E-state index contributed by atoms with van der Waals surface area (Å²) in [4.78, 5) is 22.8. The predicted octanol–water partition coefficient (Wildman–Crippen LogP) is 4.49. The topological polar surface area (TPSA) is 64.1 Å². The molecule has 3 aromatic rings. The molecule has 0 saturated carbocycles. The van der Waals surface area contributed by atoms with E-state index >= 15 is 0 Å². The van der Waals surface area contributed by atoms with Gasteiger partial charge in [-0.1, -0.05) is 13.0 Å². The number of rotatable bonds is 6. The zero-order valence-corrected chi connectivity index (χ0v) is 15.4. The van der Waals surface area contributed by atoms with E-state index in [9.17, 15) is 4.79 Å². The van der Waals surface area contributed by atoms with Gasteiger partial charge in [0.25, 0.3) is 0 Å². The molecule has 0 atom stereocenters. The SMILES string of the molecule is CCCOC(=O)c1nc2cc(C)c(C)cc2nc1NCc1cccs1. The van der Waals surface area contributed by atoms with Crippen LogP contribution in [-0.2, 0) is 11.3 Å². The van der Waals surface area contributed by atoms with Gasteiger partial charge < -0.3 is 10.1 Å². The monoisotopic (exact) mass is 355 g/mol. The van der Waals surface area contributed by atoms with Crippen molar-refractivity contribution in [2.24, 2.45) is 0 Å². The molecule has 1 aromatic carbocycles. The van der Waals surface area contributed by atoms with Gasteiger partial charge in [-0.2, -0.15) is 0 Å². The average Bonchev–Trinajstić information content (AvgIpc) is 3.12. The maximum atomic E-state index is 12.4. The van der Waals surface area contributed by atoms with E-state index < -0.39 is 5.97 Å². The first-order valence-corrected chi connectivity index (χ1v) is 9.19. The maximum Gasteiger partial charge on any atom is 0.360 e. The molecular weight excluding hydrogens is 334 g/mol. The number of ether oxygens (including phenoxy) is 1. The highest BCUT2D eigenvalue weighted by atomic mass is 32.1. The summed E-state index contributed by atoms with van der Waals surface area (Å²) >= 11 is 1.65. The number of fused-ring (bicyclic) bond motifs is 1. The van der Waals surface area contributed by atoms with Crippen LogP contribution in [0.25, 0.3) is 11.0 Å². The van der Waals surface area contributed by atoms with Gasteiger partial charge in [0.2, 0.25) is 0 Å². The van der Waals surface area contributed by atoms with Crippen LogP contribution >= 0.6 is 11.3 Å². The van der Waals surface area contributed by atoms with Crippen molar-refractivity contribution in [1.29, 1.82) is 0 Å². The van der Waals surface area contributed by atoms with Gasteiger partial charge in [0.05, 0.1) is 24.2 Å². The number of aromatic nitrogens is 2. The molecular formula is C19H21N3O2S. The normalized spacial score (nSPS) is 10.8. The van der Waals surface area contributed by atoms with E-state index in [2.05, 4.69) is 15.3 Å². The Labute approximate surface area is 151 Å². The maximum absolute atomic E-state index is 12.4. The van der Waals surface area contributed by atoms with Crippen molar-refractivity contribution < 1.29 is 9.53 Å². The van der Waals surface area contributed by atoms with Crippen molar-refractivity contribution in [1.82, 2.24) is 9.97 Å². The minimum Gasteiger partial charge on any atom is -0.461 e. The van der Waals surface area contributed by atoms with E-state index in [1.54, 1.807) is 11.3 Å². The molecule has 0 spiro atoms. The lowest BCUT2D eigenvalue weighted by atomic mass is 10.1. The Bertz CT molecular complexity index is 891. The number of benzene rings is 1. The van der Waals surface area contributed by atoms with Crippen molar-refractivity contribution in [3.8, 4) is 0 Å². The lowest BCUT2D eigenvalue weighted by Gasteiger charge is -2.12. The highest BCUT2D eigenvalue weighted by Crippen LogP contribution is 2.22. The number of thiophene rings is 1. The van der Waals surface area contributed by atoms with Gasteiger partial charge in [-0.15, -0.1) is 11.3 Å². The fraction of sp³-hybridized carbons (Fsp3) is 0.316. The number of aryl methyl sites for hydroxylation is 2. The Kier molecular flexibility index (Phi) is 5.28. The second-order valence-electron chi connectivity index (χ2n) is 5.91. The summed E-state index contributed by atoms with van der Waals surface area (Å²) in [5, 5.41) is 5.25. The largest absolute Gasteiger partial charge is 0.461 e. The molecule has 0 amide bonds. The molecule has 5 nitrogen and oxygen atoms in total. The van der Waals surface area contributed by atoms with Gasteiger partial charge >= 0.3 is 5.97 Å². The van der Waals surface area contributed by atoms with Gasteiger partial charge in [0, 0.05) is 4.88 Å². The number of carbonyl (C=O) groups is 1. The summed E-state index contributed by atoms with van der Waals surface area (Å²) in [6.45, 7) is 6.99. The van der Waals surface area contributed by atoms with E-state index in [1.807, 2.05) is 50.4 Å². The van der Waals surface area contributed by atoms with Gasteiger partial charge in [-0.3, -0.25) is 0 Å². The summed E-state index contributed by atoms with van der Waals surface area (Å²) in [6, 6.07) is 7.98. The molecule has 0 aliphatic carbocycles. The first-order chi connectivity index (χ1) is 12.1. The third kappa shape index (κ3) is 3.96. The Hall–Kier alpha value is -2.47. The van der Waals surface area contributed by atoms with E-state index in [1.165, 1.54) is 0 Å². The lowest BCUT2D eigenvalue weighted by Crippen LogP contribution is -2.14. The van der Waals surface area contributed by atoms with Crippen LogP contribution in [0.4, 0.5) is 5.82 Å². The van der Waals surface area contributed by atoms with Crippen LogP contribution in [0.5, 0.6) is 0 Å². The molecule has 3 rings (SSSR count). The Balaban J connectivity index is 2.00. The molecule has 0 saturated heterocycles. The standard InChI is InChI=1S/C19H21N3O2S/c1-4-7-24-19(23)17-18(20-11-14-6-5-8-25-14)22-16-10-13(3)12(2)9-15(16)21-17/h5-6,8-10H,4,7,11H2,1-3H3,(H,20,22). The summed E-state index contributed by atoms with van der Waals surface area (Å²) in [5.74, 6) is 0.0217. The predicted molar refractivity (Wildman–Crippen MR) is 101 cm³/mol. The number of nitrogens with one attached hydrogen (secondary N) is 1. The number of nitrogens with zero attached hydrogens (tertiary/aromatic N) is 2. The van der Waals surface area contributed by atoms with E-state index in [0.29, 0.717) is 24.5 Å². The van der Waals surface area contributed by atoms with Crippen LogP contribution < -0.4 is 5.32 Å². The van der Waals surface area contributed by atoms with Crippen LogP contribution in [0.2, 0.25) is 0 Å². The average molecular weight is 355 g/mol. The minimum atomic E-state index is -0.442. The molecule has 0 unspecified atom stereocenters. The minimum absolute atomic E-state index is 0.237. The van der Waals surface area contributed by atoms with Gasteiger partial charge in [-0.25, -0.2) is 14.8 Å². The molecule has 0 aliphatic rings. The van der Waals surface area contributed by atoms with Crippen molar-refractivity contribution in [3.05, 3.63) is 51.3 Å². The van der Waals surface area contributed by atoms with Crippen LogP contribution in [0.3, 0.4) is 0 Å². The molecule has 25 heavy (non-hydrogen) atoms. The molecule has 1 N–H and O–H groups in total.